The molecule has 6 nitrogen and oxygen atoms in total. The van der Waals surface area contributed by atoms with E-state index < -0.39 is 12.3 Å². The summed E-state index contributed by atoms with van der Waals surface area (Å²) in [5, 5.41) is 19.0. The van der Waals surface area contributed by atoms with Gasteiger partial charge in [-0.05, 0) is 39.9 Å². The van der Waals surface area contributed by atoms with Crippen LogP contribution in [0, 0.1) is 0 Å². The van der Waals surface area contributed by atoms with Gasteiger partial charge in [0.05, 0.1) is 24.4 Å². The average molecular weight is 542 g/mol. The fraction of sp³-hybridized carbons (Fsp3) is 0.219. The van der Waals surface area contributed by atoms with Gasteiger partial charge in [0, 0.05) is 29.2 Å². The van der Waals surface area contributed by atoms with Crippen molar-refractivity contribution in [1.82, 2.24) is 0 Å². The Hall–Kier alpha value is -3.46. The Morgan fingerprint density at radius 3 is 2.28 bits per heavy atom. The number of ether oxygens (including phenoxy) is 2. The van der Waals surface area contributed by atoms with Crippen molar-refractivity contribution >= 4 is 17.7 Å². The van der Waals surface area contributed by atoms with Gasteiger partial charge >= 0.3 is 5.97 Å². The molecule has 200 valence electrons. The predicted octanol–water partition coefficient (Wildman–Crippen LogP) is 6.34. The van der Waals surface area contributed by atoms with Crippen molar-refractivity contribution in [2.24, 2.45) is 5.73 Å². The molecule has 1 heterocycles. The lowest BCUT2D eigenvalue weighted by Crippen LogP contribution is -2.31. The number of rotatable bonds is 9. The molecule has 7 heteroatoms. The summed E-state index contributed by atoms with van der Waals surface area (Å²) < 4.78 is 12.9. The molecule has 0 bridgehead atoms. The number of hydrogen-bond donors (Lipinski definition) is 3. The summed E-state index contributed by atoms with van der Waals surface area (Å²) >= 11 is 1.48. The maximum absolute atomic E-state index is 11.7. The molecular weight excluding hydrogens is 510 g/mol. The van der Waals surface area contributed by atoms with Crippen molar-refractivity contribution in [2.45, 2.75) is 43.0 Å². The van der Waals surface area contributed by atoms with Crippen molar-refractivity contribution in [3.05, 3.63) is 125 Å². The summed E-state index contributed by atoms with van der Waals surface area (Å²) in [6.45, 7) is 0.452. The highest BCUT2D eigenvalue weighted by Gasteiger charge is 2.32. The van der Waals surface area contributed by atoms with E-state index in [0.29, 0.717) is 23.6 Å². The quantitative estimate of drug-likeness (QED) is 0.213. The van der Waals surface area contributed by atoms with Gasteiger partial charge in [-0.3, -0.25) is 0 Å². The van der Waals surface area contributed by atoms with Crippen LogP contribution in [0.2, 0.25) is 0 Å². The first-order chi connectivity index (χ1) is 19.1. The Morgan fingerprint density at radius 1 is 0.872 bits per heavy atom. The van der Waals surface area contributed by atoms with E-state index in [1.165, 1.54) is 11.8 Å². The molecule has 0 spiro atoms. The van der Waals surface area contributed by atoms with Crippen LogP contribution >= 0.6 is 11.8 Å². The van der Waals surface area contributed by atoms with Gasteiger partial charge in [0.2, 0.25) is 0 Å². The predicted molar refractivity (Wildman–Crippen MR) is 152 cm³/mol. The molecule has 0 aliphatic carbocycles. The highest BCUT2D eigenvalue weighted by molar-refractivity contribution is 7.99. The molecule has 0 unspecified atom stereocenters. The van der Waals surface area contributed by atoms with Crippen molar-refractivity contribution in [2.75, 3.05) is 5.75 Å². The molecule has 39 heavy (non-hydrogen) atoms. The average Bonchev–Trinajstić information content (AvgIpc) is 3.00. The lowest BCUT2D eigenvalue weighted by molar-refractivity contribution is -0.245. The minimum Gasteiger partial charge on any atom is -0.478 e. The molecule has 0 aromatic heterocycles. The summed E-state index contributed by atoms with van der Waals surface area (Å²) in [6.07, 6.45) is -0.343. The Kier molecular flexibility index (Phi) is 8.76. The third-order valence-corrected chi connectivity index (χ3v) is 8.09. The highest BCUT2D eigenvalue weighted by Crippen LogP contribution is 2.40. The van der Waals surface area contributed by atoms with Gasteiger partial charge in [-0.25, -0.2) is 4.79 Å². The fourth-order valence-electron chi connectivity index (χ4n) is 4.77. The van der Waals surface area contributed by atoms with Crippen LogP contribution in [0.4, 0.5) is 0 Å². The molecule has 3 atom stereocenters. The molecule has 5 rings (SSSR count). The standard InChI is InChI=1S/C32H31NO5S/c33-18-25-5-1-2-6-27(25)22-13-15-24(16-14-22)32-37-26(20-39-30-8-4-3-7-28(30)31(35)36)17-29(38-32)23-11-9-21(19-34)10-12-23/h1-16,26,29,32,34H,17-20,33H2,(H,35,36)/t26-,29+,32+/m0/s1. The second-order valence-corrected chi connectivity index (χ2v) is 10.5. The Bertz CT molecular complexity index is 1410. The molecule has 1 fully saturated rings. The van der Waals surface area contributed by atoms with Gasteiger partial charge in [0.1, 0.15) is 0 Å². The maximum Gasteiger partial charge on any atom is 0.336 e. The van der Waals surface area contributed by atoms with Crippen LogP contribution in [0.25, 0.3) is 11.1 Å². The van der Waals surface area contributed by atoms with Crippen molar-refractivity contribution in [3.8, 4) is 11.1 Å². The summed E-state index contributed by atoms with van der Waals surface area (Å²) in [4.78, 5) is 12.4. The number of carboxylic acid groups (broad SMARTS) is 1. The zero-order valence-corrected chi connectivity index (χ0v) is 22.2. The number of carbonyl (C=O) groups is 1. The van der Waals surface area contributed by atoms with Gasteiger partial charge in [-0.15, -0.1) is 11.8 Å². The van der Waals surface area contributed by atoms with Crippen molar-refractivity contribution in [3.63, 3.8) is 0 Å². The molecule has 0 amide bonds. The third-order valence-electron chi connectivity index (χ3n) is 6.89. The molecule has 1 aliphatic heterocycles. The number of thioether (sulfide) groups is 1. The summed E-state index contributed by atoms with van der Waals surface area (Å²) in [6, 6.07) is 31.1. The number of carboxylic acids is 1. The van der Waals surface area contributed by atoms with E-state index in [9.17, 15) is 15.0 Å². The number of aliphatic hydroxyl groups is 1. The number of aromatic carboxylic acids is 1. The maximum atomic E-state index is 11.7. The summed E-state index contributed by atoms with van der Waals surface area (Å²) in [5.41, 5.74) is 12.2. The molecule has 4 aromatic carbocycles. The third kappa shape index (κ3) is 6.41. The molecule has 4 aromatic rings. The van der Waals surface area contributed by atoms with E-state index in [-0.39, 0.29) is 24.4 Å². The normalized spacial score (nSPS) is 19.1. The number of nitrogens with two attached hydrogens (primary N) is 1. The van der Waals surface area contributed by atoms with Crippen molar-refractivity contribution in [1.29, 1.82) is 0 Å². The lowest BCUT2D eigenvalue weighted by Gasteiger charge is -2.36. The molecule has 1 saturated heterocycles. The van der Waals surface area contributed by atoms with Crippen LogP contribution in [-0.2, 0) is 22.6 Å². The second-order valence-electron chi connectivity index (χ2n) is 9.45. The number of hydrogen-bond acceptors (Lipinski definition) is 6. The molecule has 4 N–H and O–H groups in total. The van der Waals surface area contributed by atoms with Crippen LogP contribution in [0.3, 0.4) is 0 Å². The topological polar surface area (TPSA) is 102 Å². The minimum absolute atomic E-state index is 0.0145. The van der Waals surface area contributed by atoms with Crippen LogP contribution in [0.1, 0.15) is 51.4 Å². The van der Waals surface area contributed by atoms with Crippen LogP contribution < -0.4 is 5.73 Å². The summed E-state index contributed by atoms with van der Waals surface area (Å²) in [7, 11) is 0. The second kappa shape index (κ2) is 12.6. The van der Waals surface area contributed by atoms with E-state index >= 15 is 0 Å². The first-order valence-corrected chi connectivity index (χ1v) is 13.9. The molecular formula is C32H31NO5S. The summed E-state index contributed by atoms with van der Waals surface area (Å²) in [5.74, 6) is -0.362. The Labute approximate surface area is 232 Å². The Balaban J connectivity index is 1.38. The SMILES string of the molecule is NCc1ccccc1-c1ccc([C@@H]2O[C@H](CSc3ccccc3C(=O)O)C[C@H](c3ccc(CO)cc3)O2)cc1. The largest absolute Gasteiger partial charge is 0.478 e. The molecule has 0 radical (unpaired) electrons. The highest BCUT2D eigenvalue weighted by atomic mass is 32.2. The Morgan fingerprint density at radius 2 is 1.56 bits per heavy atom. The first kappa shape index (κ1) is 27.1. The van der Waals surface area contributed by atoms with Crippen LogP contribution in [0.5, 0.6) is 0 Å². The van der Waals surface area contributed by atoms with Gasteiger partial charge in [-0.1, -0.05) is 84.9 Å². The fourth-order valence-corrected chi connectivity index (χ4v) is 5.84. The number of aliphatic hydroxyl groups excluding tert-OH is 1. The van der Waals surface area contributed by atoms with Gasteiger partial charge in [-0.2, -0.15) is 0 Å². The lowest BCUT2D eigenvalue weighted by atomic mass is 9.98. The van der Waals surface area contributed by atoms with E-state index in [1.807, 2.05) is 66.7 Å². The zero-order valence-electron chi connectivity index (χ0n) is 21.4. The van der Waals surface area contributed by atoms with E-state index in [4.69, 9.17) is 15.2 Å². The van der Waals surface area contributed by atoms with Crippen LogP contribution in [0.15, 0.2) is 102 Å². The zero-order chi connectivity index (χ0) is 27.2. The molecule has 0 saturated carbocycles. The van der Waals surface area contributed by atoms with E-state index in [1.54, 1.807) is 12.1 Å². The monoisotopic (exact) mass is 541 g/mol. The van der Waals surface area contributed by atoms with E-state index in [2.05, 4.69) is 18.2 Å². The van der Waals surface area contributed by atoms with E-state index in [0.717, 1.165) is 33.4 Å². The molecule has 1 aliphatic rings. The van der Waals surface area contributed by atoms with Gasteiger partial charge in [0.15, 0.2) is 6.29 Å². The smallest absolute Gasteiger partial charge is 0.336 e. The van der Waals surface area contributed by atoms with Crippen molar-refractivity contribution < 1.29 is 24.5 Å². The minimum atomic E-state index is -0.943. The first-order valence-electron chi connectivity index (χ1n) is 12.9. The number of benzene rings is 4. The van der Waals surface area contributed by atoms with Gasteiger partial charge < -0.3 is 25.4 Å². The van der Waals surface area contributed by atoms with Gasteiger partial charge in [0.25, 0.3) is 0 Å². The van der Waals surface area contributed by atoms with Crippen LogP contribution in [-0.4, -0.2) is 28.0 Å².